The van der Waals surface area contributed by atoms with Crippen LogP contribution in [0.5, 0.6) is 5.75 Å². The molecule has 0 amide bonds. The van der Waals surface area contributed by atoms with E-state index >= 15 is 0 Å². The van der Waals surface area contributed by atoms with Crippen LogP contribution in [-0.4, -0.2) is 49.4 Å². The van der Waals surface area contributed by atoms with Crippen molar-refractivity contribution in [2.45, 2.75) is 54.9 Å². The minimum absolute atomic E-state index is 0.103. The third-order valence-electron chi connectivity index (χ3n) is 6.88. The van der Waals surface area contributed by atoms with E-state index in [0.29, 0.717) is 19.6 Å². The molecule has 2 heterocycles. The molecule has 2 N–H and O–H groups in total. The van der Waals surface area contributed by atoms with Crippen LogP contribution < -0.4 is 10.1 Å². The van der Waals surface area contributed by atoms with E-state index in [1.54, 1.807) is 7.11 Å². The Morgan fingerprint density at radius 3 is 2.83 bits per heavy atom. The Morgan fingerprint density at radius 1 is 1.21 bits per heavy atom. The number of nitrogens with one attached hydrogen (secondary N) is 1. The summed E-state index contributed by atoms with van der Waals surface area (Å²) in [4.78, 5) is 0. The van der Waals surface area contributed by atoms with Crippen LogP contribution in [0.25, 0.3) is 0 Å². The molecule has 1 saturated carbocycles. The van der Waals surface area contributed by atoms with Gasteiger partial charge in [-0.3, -0.25) is 0 Å². The fourth-order valence-electron chi connectivity index (χ4n) is 5.74. The molecule has 2 aliphatic heterocycles. The van der Waals surface area contributed by atoms with Crippen molar-refractivity contribution in [3.05, 3.63) is 29.3 Å². The fraction of sp³-hybridized carbons (Fsp3) is 0.684. The van der Waals surface area contributed by atoms with Crippen LogP contribution >= 0.6 is 0 Å². The monoisotopic (exact) mass is 331 g/mol. The van der Waals surface area contributed by atoms with E-state index in [0.717, 1.165) is 38.0 Å². The lowest BCUT2D eigenvalue weighted by Crippen LogP contribution is -2.74. The van der Waals surface area contributed by atoms with Gasteiger partial charge in [0.05, 0.1) is 25.9 Å². The highest BCUT2D eigenvalue weighted by molar-refractivity contribution is 5.48. The molecule has 1 aromatic rings. The third kappa shape index (κ3) is 1.79. The summed E-state index contributed by atoms with van der Waals surface area (Å²) in [5.41, 5.74) is 1.48. The van der Waals surface area contributed by atoms with Crippen molar-refractivity contribution in [3.63, 3.8) is 0 Å². The molecule has 0 radical (unpaired) electrons. The quantitative estimate of drug-likeness (QED) is 0.817. The topological polar surface area (TPSA) is 60.0 Å². The van der Waals surface area contributed by atoms with Crippen molar-refractivity contribution >= 4 is 0 Å². The largest absolute Gasteiger partial charge is 0.497 e. The molecule has 1 spiro atoms. The first-order valence-corrected chi connectivity index (χ1v) is 9.02. The van der Waals surface area contributed by atoms with Gasteiger partial charge in [0.1, 0.15) is 5.75 Å². The van der Waals surface area contributed by atoms with Gasteiger partial charge >= 0.3 is 0 Å². The van der Waals surface area contributed by atoms with E-state index in [9.17, 15) is 5.11 Å². The molecular formula is C19H25NO4. The van der Waals surface area contributed by atoms with Gasteiger partial charge < -0.3 is 24.6 Å². The molecular weight excluding hydrogens is 306 g/mol. The van der Waals surface area contributed by atoms with Crippen molar-refractivity contribution in [2.24, 2.45) is 0 Å². The molecule has 2 saturated heterocycles. The lowest BCUT2D eigenvalue weighted by atomic mass is 9.49. The second-order valence-electron chi connectivity index (χ2n) is 7.77. The second kappa shape index (κ2) is 4.94. The molecule has 3 fully saturated rings. The first kappa shape index (κ1) is 15.1. The SMILES string of the molecule is COc1ccc2c(c1)[C@]13CCN[C@H](C2)[C@]1(O)CCC1(C3)OCCO1. The van der Waals surface area contributed by atoms with Crippen molar-refractivity contribution in [1.29, 1.82) is 0 Å². The molecule has 0 aromatic heterocycles. The average molecular weight is 331 g/mol. The number of hydrogen-bond donors (Lipinski definition) is 2. The van der Waals surface area contributed by atoms with Gasteiger partial charge in [-0.25, -0.2) is 0 Å². The van der Waals surface area contributed by atoms with Gasteiger partial charge in [0.25, 0.3) is 0 Å². The summed E-state index contributed by atoms with van der Waals surface area (Å²) >= 11 is 0. The van der Waals surface area contributed by atoms with Crippen molar-refractivity contribution in [2.75, 3.05) is 26.9 Å². The van der Waals surface area contributed by atoms with Crippen LogP contribution in [0.2, 0.25) is 0 Å². The molecule has 2 bridgehead atoms. The van der Waals surface area contributed by atoms with E-state index in [2.05, 4.69) is 17.4 Å². The van der Waals surface area contributed by atoms with Crippen LogP contribution in [-0.2, 0) is 21.3 Å². The Bertz CT molecular complexity index is 671. The number of benzene rings is 1. The summed E-state index contributed by atoms with van der Waals surface area (Å²) in [7, 11) is 1.70. The number of fused-ring (bicyclic) bond motifs is 1. The van der Waals surface area contributed by atoms with Crippen LogP contribution in [0, 0.1) is 0 Å². The van der Waals surface area contributed by atoms with Crippen LogP contribution in [0.4, 0.5) is 0 Å². The van der Waals surface area contributed by atoms with Gasteiger partial charge in [-0.1, -0.05) is 6.07 Å². The average Bonchev–Trinajstić information content (AvgIpc) is 3.03. The van der Waals surface area contributed by atoms with Gasteiger partial charge in [-0.05, 0) is 49.1 Å². The van der Waals surface area contributed by atoms with E-state index in [1.807, 2.05) is 6.07 Å². The summed E-state index contributed by atoms with van der Waals surface area (Å²) in [5, 5.41) is 15.4. The second-order valence-corrected chi connectivity index (χ2v) is 7.77. The zero-order valence-electron chi connectivity index (χ0n) is 14.1. The highest BCUT2D eigenvalue weighted by Crippen LogP contribution is 2.60. The zero-order valence-corrected chi connectivity index (χ0v) is 14.1. The van der Waals surface area contributed by atoms with Crippen molar-refractivity contribution in [1.82, 2.24) is 5.32 Å². The predicted molar refractivity (Wildman–Crippen MR) is 88.2 cm³/mol. The molecule has 1 aromatic carbocycles. The highest BCUT2D eigenvalue weighted by Gasteiger charge is 2.66. The first-order chi connectivity index (χ1) is 11.6. The van der Waals surface area contributed by atoms with Crippen molar-refractivity contribution in [3.8, 4) is 5.75 Å². The summed E-state index contributed by atoms with van der Waals surface area (Å²) < 4.78 is 17.6. The molecule has 4 aliphatic rings. The minimum atomic E-state index is -0.745. The highest BCUT2D eigenvalue weighted by atomic mass is 16.7. The van der Waals surface area contributed by atoms with Gasteiger partial charge in [-0.2, -0.15) is 0 Å². The maximum absolute atomic E-state index is 11.8. The van der Waals surface area contributed by atoms with E-state index in [-0.39, 0.29) is 11.5 Å². The molecule has 130 valence electrons. The Balaban J connectivity index is 1.69. The molecule has 5 nitrogen and oxygen atoms in total. The molecule has 24 heavy (non-hydrogen) atoms. The zero-order chi connectivity index (χ0) is 16.4. The standard InChI is InChI=1S/C19H25NO4/c1-22-14-3-2-13-10-16-19(21)5-4-18(23-8-9-24-18)12-17(19,6-7-20-16)15(13)11-14/h2-3,11,16,20-21H,4-10,12H2,1H3/t16-,17-,19-/m1/s1. The Kier molecular flexibility index (Phi) is 3.12. The maximum atomic E-state index is 11.8. The fourth-order valence-corrected chi connectivity index (χ4v) is 5.74. The Morgan fingerprint density at radius 2 is 2.04 bits per heavy atom. The van der Waals surface area contributed by atoms with Gasteiger partial charge in [-0.15, -0.1) is 0 Å². The maximum Gasteiger partial charge on any atom is 0.169 e. The number of aliphatic hydroxyl groups is 1. The molecule has 5 heteroatoms. The van der Waals surface area contributed by atoms with Gasteiger partial charge in [0, 0.05) is 24.3 Å². The minimum Gasteiger partial charge on any atom is -0.497 e. The first-order valence-electron chi connectivity index (χ1n) is 9.02. The van der Waals surface area contributed by atoms with Crippen molar-refractivity contribution < 1.29 is 19.3 Å². The van der Waals surface area contributed by atoms with E-state index in [4.69, 9.17) is 14.2 Å². The number of rotatable bonds is 1. The number of hydrogen-bond acceptors (Lipinski definition) is 5. The lowest BCUT2D eigenvalue weighted by Gasteiger charge is -2.63. The third-order valence-corrected chi connectivity index (χ3v) is 6.88. The summed E-state index contributed by atoms with van der Waals surface area (Å²) in [5.74, 6) is 0.335. The molecule has 2 aliphatic carbocycles. The van der Waals surface area contributed by atoms with E-state index in [1.165, 1.54) is 11.1 Å². The number of ether oxygens (including phenoxy) is 3. The van der Waals surface area contributed by atoms with Gasteiger partial charge in [0.2, 0.25) is 0 Å². The summed E-state index contributed by atoms with van der Waals surface area (Å²) in [6, 6.07) is 6.42. The predicted octanol–water partition coefficient (Wildman–Crippen LogP) is 1.51. The Hall–Kier alpha value is -1.14. The normalized spacial score (nSPS) is 39.3. The Labute approximate surface area is 142 Å². The van der Waals surface area contributed by atoms with Crippen LogP contribution in [0.15, 0.2) is 18.2 Å². The summed E-state index contributed by atoms with van der Waals surface area (Å²) in [6.07, 6.45) is 3.97. The van der Waals surface area contributed by atoms with Gasteiger partial charge in [0.15, 0.2) is 5.79 Å². The molecule has 3 atom stereocenters. The molecule has 0 unspecified atom stereocenters. The van der Waals surface area contributed by atoms with Crippen LogP contribution in [0.1, 0.15) is 36.8 Å². The summed E-state index contributed by atoms with van der Waals surface area (Å²) in [6.45, 7) is 2.22. The number of methoxy groups -OCH3 is 1. The number of piperidine rings is 1. The van der Waals surface area contributed by atoms with Crippen LogP contribution in [0.3, 0.4) is 0 Å². The van der Waals surface area contributed by atoms with E-state index < -0.39 is 11.4 Å². The smallest absolute Gasteiger partial charge is 0.169 e. The lowest BCUT2D eigenvalue weighted by molar-refractivity contribution is -0.246. The molecule has 5 rings (SSSR count).